The van der Waals surface area contributed by atoms with Crippen molar-refractivity contribution >= 4 is 33.9 Å². The van der Waals surface area contributed by atoms with Crippen LogP contribution in [0.5, 0.6) is 0 Å². The van der Waals surface area contributed by atoms with E-state index in [0.717, 1.165) is 55.1 Å². The van der Waals surface area contributed by atoms with Gasteiger partial charge in [0.15, 0.2) is 0 Å². The standard InChI is InChI=1S/C20H20ClN3O/c21-16-3-6-18-19(7-8-22-20(18)13-16)23-17-4-1-15(2-5-17)14-24-9-11-25-12-10-24/h1-8,13H,9-12,14H2,(H,22,23). The Morgan fingerprint density at radius 2 is 1.84 bits per heavy atom. The van der Waals surface area contributed by atoms with Crippen molar-refractivity contribution in [2.45, 2.75) is 6.54 Å². The molecule has 5 heteroatoms. The third-order valence-corrected chi connectivity index (χ3v) is 4.68. The summed E-state index contributed by atoms with van der Waals surface area (Å²) in [6.07, 6.45) is 1.80. The van der Waals surface area contributed by atoms with E-state index in [1.807, 2.05) is 24.3 Å². The highest BCUT2D eigenvalue weighted by Gasteiger charge is 2.10. The number of hydrogen-bond donors (Lipinski definition) is 1. The van der Waals surface area contributed by atoms with E-state index in [1.165, 1.54) is 5.56 Å². The Balaban J connectivity index is 1.49. The lowest BCUT2D eigenvalue weighted by atomic mass is 10.1. The van der Waals surface area contributed by atoms with Gasteiger partial charge in [-0.2, -0.15) is 0 Å². The number of morpholine rings is 1. The molecule has 1 N–H and O–H groups in total. The van der Waals surface area contributed by atoms with E-state index in [1.54, 1.807) is 6.20 Å². The summed E-state index contributed by atoms with van der Waals surface area (Å²) >= 11 is 6.06. The van der Waals surface area contributed by atoms with E-state index in [9.17, 15) is 0 Å². The fourth-order valence-electron chi connectivity index (χ4n) is 3.10. The lowest BCUT2D eigenvalue weighted by molar-refractivity contribution is 0.0342. The van der Waals surface area contributed by atoms with Crippen molar-refractivity contribution in [3.05, 3.63) is 65.3 Å². The number of halogens is 1. The Morgan fingerprint density at radius 3 is 2.64 bits per heavy atom. The van der Waals surface area contributed by atoms with Crippen molar-refractivity contribution in [1.29, 1.82) is 0 Å². The van der Waals surface area contributed by atoms with Crippen LogP contribution >= 0.6 is 11.6 Å². The minimum Gasteiger partial charge on any atom is -0.379 e. The number of nitrogens with zero attached hydrogens (tertiary/aromatic N) is 2. The van der Waals surface area contributed by atoms with E-state index in [0.29, 0.717) is 5.02 Å². The number of anilines is 2. The smallest absolute Gasteiger partial charge is 0.0737 e. The fourth-order valence-corrected chi connectivity index (χ4v) is 3.26. The largest absolute Gasteiger partial charge is 0.379 e. The Bertz CT molecular complexity index is 860. The second-order valence-electron chi connectivity index (χ2n) is 6.23. The van der Waals surface area contributed by atoms with Crippen LogP contribution in [0.15, 0.2) is 54.7 Å². The number of nitrogens with one attached hydrogen (secondary N) is 1. The summed E-state index contributed by atoms with van der Waals surface area (Å²) in [6, 6.07) is 16.4. The summed E-state index contributed by atoms with van der Waals surface area (Å²) in [6.45, 7) is 4.65. The van der Waals surface area contributed by atoms with Crippen LogP contribution in [0.1, 0.15) is 5.56 Å². The van der Waals surface area contributed by atoms with Crippen molar-refractivity contribution in [2.24, 2.45) is 0 Å². The molecule has 1 fully saturated rings. The van der Waals surface area contributed by atoms with Gasteiger partial charge in [0.05, 0.1) is 18.7 Å². The molecule has 2 aromatic carbocycles. The molecule has 0 unspecified atom stereocenters. The van der Waals surface area contributed by atoms with Crippen LogP contribution in [0.4, 0.5) is 11.4 Å². The lowest BCUT2D eigenvalue weighted by Gasteiger charge is -2.26. The molecule has 1 aliphatic rings. The highest BCUT2D eigenvalue weighted by Crippen LogP contribution is 2.27. The molecule has 2 heterocycles. The summed E-state index contributed by atoms with van der Waals surface area (Å²) in [5, 5.41) is 5.24. The molecular formula is C20H20ClN3O. The van der Waals surface area contributed by atoms with Crippen LogP contribution in [-0.4, -0.2) is 36.2 Å². The first-order chi connectivity index (χ1) is 12.3. The van der Waals surface area contributed by atoms with Gasteiger partial charge in [0, 0.05) is 47.6 Å². The van der Waals surface area contributed by atoms with Crippen LogP contribution in [0, 0.1) is 0 Å². The van der Waals surface area contributed by atoms with Gasteiger partial charge in [0.2, 0.25) is 0 Å². The van der Waals surface area contributed by atoms with Gasteiger partial charge in [0.1, 0.15) is 0 Å². The zero-order valence-corrected chi connectivity index (χ0v) is 14.7. The molecule has 0 spiro atoms. The summed E-state index contributed by atoms with van der Waals surface area (Å²) in [5.41, 5.74) is 4.30. The van der Waals surface area contributed by atoms with Crippen molar-refractivity contribution in [3.63, 3.8) is 0 Å². The van der Waals surface area contributed by atoms with E-state index < -0.39 is 0 Å². The van der Waals surface area contributed by atoms with E-state index in [4.69, 9.17) is 16.3 Å². The Hall–Kier alpha value is -2.14. The average molecular weight is 354 g/mol. The molecule has 25 heavy (non-hydrogen) atoms. The monoisotopic (exact) mass is 353 g/mol. The van der Waals surface area contributed by atoms with Crippen LogP contribution in [-0.2, 0) is 11.3 Å². The van der Waals surface area contributed by atoms with E-state index >= 15 is 0 Å². The zero-order chi connectivity index (χ0) is 17.1. The van der Waals surface area contributed by atoms with Gasteiger partial charge < -0.3 is 10.1 Å². The average Bonchev–Trinajstić information content (AvgIpc) is 2.64. The van der Waals surface area contributed by atoms with Crippen LogP contribution < -0.4 is 5.32 Å². The second kappa shape index (κ2) is 7.40. The summed E-state index contributed by atoms with van der Waals surface area (Å²) in [5.74, 6) is 0. The van der Waals surface area contributed by atoms with Gasteiger partial charge in [-0.3, -0.25) is 9.88 Å². The van der Waals surface area contributed by atoms with Crippen LogP contribution in [0.3, 0.4) is 0 Å². The molecule has 1 aliphatic heterocycles. The lowest BCUT2D eigenvalue weighted by Crippen LogP contribution is -2.35. The predicted octanol–water partition coefficient (Wildman–Crippen LogP) is 4.46. The third kappa shape index (κ3) is 3.93. The van der Waals surface area contributed by atoms with Gasteiger partial charge in [-0.25, -0.2) is 0 Å². The van der Waals surface area contributed by atoms with Gasteiger partial charge in [-0.15, -0.1) is 0 Å². The molecule has 0 bridgehead atoms. The number of aromatic nitrogens is 1. The molecule has 3 aromatic rings. The first-order valence-electron chi connectivity index (χ1n) is 8.48. The van der Waals surface area contributed by atoms with Crippen LogP contribution in [0.2, 0.25) is 5.02 Å². The molecule has 0 aliphatic carbocycles. The minimum atomic E-state index is 0.699. The Morgan fingerprint density at radius 1 is 1.04 bits per heavy atom. The fraction of sp³-hybridized carbons (Fsp3) is 0.250. The maximum atomic E-state index is 6.06. The Labute approximate surface area is 152 Å². The van der Waals surface area contributed by atoms with Crippen molar-refractivity contribution in [2.75, 3.05) is 31.6 Å². The van der Waals surface area contributed by atoms with Crippen molar-refractivity contribution < 1.29 is 4.74 Å². The predicted molar refractivity (Wildman–Crippen MR) is 103 cm³/mol. The van der Waals surface area contributed by atoms with Gasteiger partial charge in [-0.1, -0.05) is 23.7 Å². The highest BCUT2D eigenvalue weighted by molar-refractivity contribution is 6.31. The van der Waals surface area contributed by atoms with Crippen molar-refractivity contribution in [1.82, 2.24) is 9.88 Å². The summed E-state index contributed by atoms with van der Waals surface area (Å²) in [4.78, 5) is 6.81. The maximum absolute atomic E-state index is 6.06. The van der Waals surface area contributed by atoms with Gasteiger partial charge >= 0.3 is 0 Å². The zero-order valence-electron chi connectivity index (χ0n) is 13.9. The number of ether oxygens (including phenoxy) is 1. The van der Waals surface area contributed by atoms with Crippen molar-refractivity contribution in [3.8, 4) is 0 Å². The van der Waals surface area contributed by atoms with E-state index in [-0.39, 0.29) is 0 Å². The molecule has 0 amide bonds. The molecule has 1 saturated heterocycles. The van der Waals surface area contributed by atoms with Crippen LogP contribution in [0.25, 0.3) is 10.9 Å². The molecule has 4 nitrogen and oxygen atoms in total. The molecular weight excluding hydrogens is 334 g/mol. The van der Waals surface area contributed by atoms with Gasteiger partial charge in [-0.05, 0) is 42.0 Å². The Kier molecular flexibility index (Phi) is 4.83. The first kappa shape index (κ1) is 16.3. The molecule has 0 atom stereocenters. The highest BCUT2D eigenvalue weighted by atomic mass is 35.5. The number of hydrogen-bond acceptors (Lipinski definition) is 4. The van der Waals surface area contributed by atoms with E-state index in [2.05, 4.69) is 39.5 Å². The van der Waals surface area contributed by atoms with Gasteiger partial charge in [0.25, 0.3) is 0 Å². The number of benzene rings is 2. The molecule has 4 rings (SSSR count). The molecule has 1 aromatic heterocycles. The molecule has 0 radical (unpaired) electrons. The second-order valence-corrected chi connectivity index (χ2v) is 6.67. The minimum absolute atomic E-state index is 0.699. The quantitative estimate of drug-likeness (QED) is 0.751. The maximum Gasteiger partial charge on any atom is 0.0737 e. The molecule has 128 valence electrons. The third-order valence-electron chi connectivity index (χ3n) is 4.45. The SMILES string of the molecule is Clc1ccc2c(Nc3ccc(CN4CCOCC4)cc3)ccnc2c1. The summed E-state index contributed by atoms with van der Waals surface area (Å²) < 4.78 is 5.40. The molecule has 0 saturated carbocycles. The number of fused-ring (bicyclic) bond motifs is 1. The summed E-state index contributed by atoms with van der Waals surface area (Å²) in [7, 11) is 0. The first-order valence-corrected chi connectivity index (χ1v) is 8.86. The number of pyridine rings is 1. The number of rotatable bonds is 4. The topological polar surface area (TPSA) is 37.4 Å². The normalized spacial score (nSPS) is 15.4.